The molecule has 2 heterocycles. The second kappa shape index (κ2) is 9.85. The van der Waals surface area contributed by atoms with Crippen molar-refractivity contribution in [1.82, 2.24) is 9.96 Å². The number of rotatable bonds is 2. The molecule has 2 fully saturated rings. The number of likely N-dealkylation sites (tertiary alicyclic amines) is 1. The Bertz CT molecular complexity index is 231. The van der Waals surface area contributed by atoms with E-state index in [1.54, 1.807) is 0 Å². The molecule has 1 radical (unpaired) electrons. The minimum atomic E-state index is 0. The number of carbonyl (C=O) groups is 1. The monoisotopic (exact) mass is 293 g/mol. The number of hydrogen-bond acceptors (Lipinski definition) is 3. The Balaban J connectivity index is 0.00000144. The smallest absolute Gasteiger partial charge is 0.223 e. The van der Waals surface area contributed by atoms with E-state index in [2.05, 4.69) is 0 Å². The molecular formula is C13H26N2O2V. The molecule has 0 aromatic rings. The van der Waals surface area contributed by atoms with Gasteiger partial charge in [0.25, 0.3) is 0 Å². The molecular weight excluding hydrogens is 267 g/mol. The van der Waals surface area contributed by atoms with Crippen LogP contribution in [0.5, 0.6) is 0 Å². The van der Waals surface area contributed by atoms with Crippen LogP contribution in [-0.2, 0) is 28.2 Å². The molecule has 0 unspecified atom stereocenters. The third-order valence-corrected chi connectivity index (χ3v) is 3.33. The second-order valence-corrected chi connectivity index (χ2v) is 4.71. The molecule has 4 nitrogen and oxygen atoms in total. The molecule has 0 N–H and O–H groups in total. The van der Waals surface area contributed by atoms with Crippen molar-refractivity contribution in [1.29, 1.82) is 0 Å². The van der Waals surface area contributed by atoms with Crippen molar-refractivity contribution in [3.63, 3.8) is 0 Å². The molecule has 1 amide bonds. The van der Waals surface area contributed by atoms with Gasteiger partial charge in [0.15, 0.2) is 0 Å². The molecule has 2 rings (SSSR count). The Morgan fingerprint density at radius 3 is 2.56 bits per heavy atom. The van der Waals surface area contributed by atoms with E-state index in [-0.39, 0.29) is 26.0 Å². The van der Waals surface area contributed by atoms with Crippen LogP contribution in [0.2, 0.25) is 0 Å². The van der Waals surface area contributed by atoms with E-state index < -0.39 is 0 Å². The maximum atomic E-state index is 11.8. The molecule has 0 atom stereocenters. The van der Waals surface area contributed by atoms with E-state index in [1.165, 1.54) is 19.3 Å². The Labute approximate surface area is 123 Å². The van der Waals surface area contributed by atoms with Gasteiger partial charge in [-0.15, -0.1) is 0 Å². The number of carbonyl (C=O) groups excluding carboxylic acids is 1. The predicted molar refractivity (Wildman–Crippen MR) is 68.3 cm³/mol. The van der Waals surface area contributed by atoms with Crippen molar-refractivity contribution < 1.29 is 28.2 Å². The molecule has 0 spiro atoms. The first-order valence-corrected chi connectivity index (χ1v) is 6.52. The first-order chi connectivity index (χ1) is 7.86. The standard InChI is InChI=1S/C12H22N2O2.CH4.V/c15-12-7-3-1-4-8-13(12)11-14-9-5-2-6-10-16-14;;/h1-11H2;1H4;. The van der Waals surface area contributed by atoms with Crippen LogP contribution in [0.3, 0.4) is 0 Å². The van der Waals surface area contributed by atoms with Crippen LogP contribution in [0.4, 0.5) is 0 Å². The molecule has 5 heteroatoms. The van der Waals surface area contributed by atoms with Crippen LogP contribution in [0.1, 0.15) is 52.4 Å². The maximum absolute atomic E-state index is 11.8. The Morgan fingerprint density at radius 1 is 1.00 bits per heavy atom. The van der Waals surface area contributed by atoms with Crippen LogP contribution in [0.25, 0.3) is 0 Å². The van der Waals surface area contributed by atoms with Gasteiger partial charge in [-0.25, -0.2) is 0 Å². The maximum Gasteiger partial charge on any atom is 0.223 e. The molecule has 105 valence electrons. The van der Waals surface area contributed by atoms with E-state index in [9.17, 15) is 4.79 Å². The third-order valence-electron chi connectivity index (χ3n) is 3.33. The van der Waals surface area contributed by atoms with Crippen molar-refractivity contribution in [2.45, 2.75) is 52.4 Å². The number of amides is 1. The van der Waals surface area contributed by atoms with Crippen LogP contribution < -0.4 is 0 Å². The summed E-state index contributed by atoms with van der Waals surface area (Å²) in [6.45, 7) is 3.34. The quantitative estimate of drug-likeness (QED) is 0.784. The number of hydrogen-bond donors (Lipinski definition) is 0. The zero-order chi connectivity index (χ0) is 11.2. The van der Waals surface area contributed by atoms with E-state index in [0.29, 0.717) is 19.0 Å². The topological polar surface area (TPSA) is 32.8 Å². The van der Waals surface area contributed by atoms with E-state index >= 15 is 0 Å². The molecule has 2 aliphatic rings. The summed E-state index contributed by atoms with van der Waals surface area (Å²) in [5.41, 5.74) is 0. The van der Waals surface area contributed by atoms with Gasteiger partial charge in [-0.05, 0) is 32.1 Å². The van der Waals surface area contributed by atoms with Crippen molar-refractivity contribution in [3.8, 4) is 0 Å². The summed E-state index contributed by atoms with van der Waals surface area (Å²) in [7, 11) is 0. The van der Waals surface area contributed by atoms with Gasteiger partial charge in [0.1, 0.15) is 0 Å². The minimum Gasteiger partial charge on any atom is -0.328 e. The summed E-state index contributed by atoms with van der Waals surface area (Å²) in [6, 6.07) is 0. The summed E-state index contributed by atoms with van der Waals surface area (Å²) in [6.07, 6.45) is 7.66. The van der Waals surface area contributed by atoms with Gasteiger partial charge in [-0.3, -0.25) is 9.63 Å². The molecule has 18 heavy (non-hydrogen) atoms. The van der Waals surface area contributed by atoms with Gasteiger partial charge in [0, 0.05) is 38.1 Å². The SMILES string of the molecule is C.O=C1CCCCCN1CN1CCCCCO1.[V]. The average molecular weight is 293 g/mol. The second-order valence-electron chi connectivity index (χ2n) is 4.71. The van der Waals surface area contributed by atoms with Gasteiger partial charge in [0.05, 0.1) is 13.3 Å². The largest absolute Gasteiger partial charge is 0.328 e. The Morgan fingerprint density at radius 2 is 1.72 bits per heavy atom. The van der Waals surface area contributed by atoms with Crippen molar-refractivity contribution in [2.24, 2.45) is 0 Å². The van der Waals surface area contributed by atoms with Crippen LogP contribution in [0.15, 0.2) is 0 Å². The van der Waals surface area contributed by atoms with Crippen molar-refractivity contribution in [2.75, 3.05) is 26.4 Å². The van der Waals surface area contributed by atoms with Gasteiger partial charge < -0.3 is 4.90 Å². The fourth-order valence-electron chi connectivity index (χ4n) is 2.32. The summed E-state index contributed by atoms with van der Waals surface area (Å²) in [5.74, 6) is 0.297. The molecule has 0 aromatic heterocycles. The average Bonchev–Trinajstić information content (AvgIpc) is 2.64. The number of hydroxylamine groups is 2. The molecule has 2 aliphatic heterocycles. The normalized spacial score (nSPS) is 22.4. The van der Waals surface area contributed by atoms with Crippen LogP contribution >= 0.6 is 0 Å². The summed E-state index contributed by atoms with van der Waals surface area (Å²) in [5, 5.41) is 1.97. The summed E-state index contributed by atoms with van der Waals surface area (Å²) >= 11 is 0. The van der Waals surface area contributed by atoms with Crippen LogP contribution in [0, 0.1) is 0 Å². The van der Waals surface area contributed by atoms with Gasteiger partial charge in [-0.1, -0.05) is 13.8 Å². The summed E-state index contributed by atoms with van der Waals surface area (Å²) < 4.78 is 0. The van der Waals surface area contributed by atoms with Crippen molar-refractivity contribution in [3.05, 3.63) is 0 Å². The molecule has 0 saturated carbocycles. The zero-order valence-electron chi connectivity index (χ0n) is 10.4. The summed E-state index contributed by atoms with van der Waals surface area (Å²) in [4.78, 5) is 19.4. The van der Waals surface area contributed by atoms with Gasteiger partial charge >= 0.3 is 0 Å². The predicted octanol–water partition coefficient (Wildman–Crippen LogP) is 2.40. The van der Waals surface area contributed by atoms with E-state index in [4.69, 9.17) is 4.84 Å². The fraction of sp³-hybridized carbons (Fsp3) is 0.923. The van der Waals surface area contributed by atoms with E-state index in [0.717, 1.165) is 39.0 Å². The first kappa shape index (κ1) is 18.0. The minimum absolute atomic E-state index is 0. The third kappa shape index (κ3) is 5.74. The van der Waals surface area contributed by atoms with Gasteiger partial charge in [-0.2, -0.15) is 5.06 Å². The Hall–Kier alpha value is -0.0256. The fourth-order valence-corrected chi connectivity index (χ4v) is 2.32. The molecule has 2 saturated heterocycles. The van der Waals surface area contributed by atoms with Gasteiger partial charge in [0.2, 0.25) is 5.91 Å². The van der Waals surface area contributed by atoms with Crippen LogP contribution in [-0.4, -0.2) is 42.2 Å². The zero-order valence-corrected chi connectivity index (χ0v) is 11.8. The Kier molecular flexibility index (Phi) is 9.83. The first-order valence-electron chi connectivity index (χ1n) is 6.52. The molecule has 0 aromatic carbocycles. The van der Waals surface area contributed by atoms with Crippen molar-refractivity contribution >= 4 is 5.91 Å². The van der Waals surface area contributed by atoms with E-state index in [1.807, 2.05) is 9.96 Å². The number of nitrogens with zero attached hydrogens (tertiary/aromatic N) is 2. The molecule has 0 bridgehead atoms. The molecule has 0 aliphatic carbocycles.